The second kappa shape index (κ2) is 8.67. The molecule has 176 valence electrons. The molecule has 3 amide bonds. The van der Waals surface area contributed by atoms with Crippen molar-refractivity contribution in [2.45, 2.75) is 17.2 Å². The SMILES string of the molecule is O=C(COC(=O)c1cccc(N2C(=O)[C@@H]3[C@H]4C[C@@H]([C@H](Cl)[C@H]4Cl)[C@@H]3C2=O)c1)Nc1ccc(F)cc1. The van der Waals surface area contributed by atoms with Crippen LogP contribution in [0.25, 0.3) is 0 Å². The van der Waals surface area contributed by atoms with Gasteiger partial charge in [-0.2, -0.15) is 0 Å². The molecule has 10 heteroatoms. The Morgan fingerprint density at radius 1 is 1.00 bits per heavy atom. The highest BCUT2D eigenvalue weighted by molar-refractivity contribution is 6.32. The summed E-state index contributed by atoms with van der Waals surface area (Å²) in [6.45, 7) is -0.566. The number of imide groups is 1. The standard InChI is InChI=1S/C24H19Cl2FN2O5/c25-20-15-9-16(21(20)26)19-18(15)22(31)29(23(19)32)14-3-1-2-11(8-14)24(33)34-10-17(30)28-13-6-4-12(27)5-7-13/h1-8,15-16,18-21H,9-10H2,(H,28,30)/t15-,16-,18-,19+,20+,21+/m1/s1. The fraction of sp³-hybridized carbons (Fsp3) is 0.333. The van der Waals surface area contributed by atoms with Gasteiger partial charge >= 0.3 is 5.97 Å². The molecule has 0 radical (unpaired) electrons. The highest BCUT2D eigenvalue weighted by atomic mass is 35.5. The summed E-state index contributed by atoms with van der Waals surface area (Å²) in [5.74, 6) is -3.79. The van der Waals surface area contributed by atoms with Crippen LogP contribution in [0.5, 0.6) is 0 Å². The highest BCUT2D eigenvalue weighted by Gasteiger charge is 2.66. The van der Waals surface area contributed by atoms with Crippen LogP contribution < -0.4 is 10.2 Å². The van der Waals surface area contributed by atoms with Crippen LogP contribution in [0.1, 0.15) is 16.8 Å². The number of rotatable bonds is 5. The van der Waals surface area contributed by atoms with Gasteiger partial charge < -0.3 is 10.1 Å². The van der Waals surface area contributed by atoms with Crippen LogP contribution in [-0.2, 0) is 19.1 Å². The third-order valence-electron chi connectivity index (χ3n) is 6.79. The van der Waals surface area contributed by atoms with Crippen LogP contribution in [0, 0.1) is 29.5 Å². The molecule has 0 aromatic heterocycles. The molecule has 6 atom stereocenters. The first-order valence-corrected chi connectivity index (χ1v) is 11.6. The van der Waals surface area contributed by atoms with E-state index in [-0.39, 0.29) is 45.7 Å². The zero-order valence-corrected chi connectivity index (χ0v) is 19.1. The Kier molecular flexibility index (Phi) is 5.81. The molecule has 2 aliphatic carbocycles. The molecule has 5 rings (SSSR count). The number of anilines is 2. The quantitative estimate of drug-likeness (QED) is 0.381. The molecule has 3 fully saturated rings. The van der Waals surface area contributed by atoms with E-state index in [1.807, 2.05) is 0 Å². The average Bonchev–Trinajstić information content (AvgIpc) is 3.44. The predicted molar refractivity (Wildman–Crippen MR) is 122 cm³/mol. The lowest BCUT2D eigenvalue weighted by atomic mass is 9.80. The van der Waals surface area contributed by atoms with Crippen molar-refractivity contribution in [3.63, 3.8) is 0 Å². The Morgan fingerprint density at radius 3 is 2.24 bits per heavy atom. The van der Waals surface area contributed by atoms with Crippen LogP contribution in [0.15, 0.2) is 48.5 Å². The summed E-state index contributed by atoms with van der Waals surface area (Å²) in [6, 6.07) is 11.1. The number of alkyl halides is 2. The maximum Gasteiger partial charge on any atom is 0.338 e. The van der Waals surface area contributed by atoms with Crippen LogP contribution in [0.4, 0.5) is 15.8 Å². The van der Waals surface area contributed by atoms with Gasteiger partial charge in [-0.05, 0) is 60.7 Å². The Labute approximate surface area is 204 Å². The molecule has 1 N–H and O–H groups in total. The average molecular weight is 505 g/mol. The molecule has 3 aliphatic rings. The van der Waals surface area contributed by atoms with E-state index in [0.717, 1.165) is 4.90 Å². The van der Waals surface area contributed by atoms with Gasteiger partial charge in [0.25, 0.3) is 5.91 Å². The molecule has 1 saturated heterocycles. The number of ether oxygens (including phenoxy) is 1. The number of amides is 3. The fourth-order valence-electron chi connectivity index (χ4n) is 5.32. The summed E-state index contributed by atoms with van der Waals surface area (Å²) >= 11 is 12.8. The number of hydrogen-bond donors (Lipinski definition) is 1. The maximum atomic E-state index is 13.1. The summed E-state index contributed by atoms with van der Waals surface area (Å²) in [6.07, 6.45) is 0.662. The Hall–Kier alpha value is -2.97. The fourth-order valence-corrected chi connectivity index (χ4v) is 6.21. The number of benzene rings is 2. The number of nitrogens with zero attached hydrogens (tertiary/aromatic N) is 1. The number of halogens is 3. The van der Waals surface area contributed by atoms with Crippen molar-refractivity contribution < 1.29 is 28.3 Å². The van der Waals surface area contributed by atoms with Crippen molar-refractivity contribution in [1.29, 1.82) is 0 Å². The molecule has 34 heavy (non-hydrogen) atoms. The number of carbonyl (C=O) groups is 4. The lowest BCUT2D eigenvalue weighted by Crippen LogP contribution is -2.37. The van der Waals surface area contributed by atoms with Crippen molar-refractivity contribution in [1.82, 2.24) is 0 Å². The van der Waals surface area contributed by atoms with Crippen molar-refractivity contribution >= 4 is 58.3 Å². The molecule has 2 aromatic rings. The summed E-state index contributed by atoms with van der Waals surface area (Å²) in [5.41, 5.74) is 0.692. The minimum absolute atomic E-state index is 0.0816. The second-order valence-corrected chi connectivity index (χ2v) is 9.71. The lowest BCUT2D eigenvalue weighted by Gasteiger charge is -2.28. The molecular formula is C24H19Cl2FN2O5. The first-order chi connectivity index (χ1) is 16.3. The van der Waals surface area contributed by atoms with E-state index in [2.05, 4.69) is 5.32 Å². The van der Waals surface area contributed by atoms with E-state index in [9.17, 15) is 23.6 Å². The van der Waals surface area contributed by atoms with E-state index in [4.69, 9.17) is 27.9 Å². The molecular weight excluding hydrogens is 486 g/mol. The molecule has 7 nitrogen and oxygen atoms in total. The zero-order chi connectivity index (χ0) is 24.1. The van der Waals surface area contributed by atoms with Crippen LogP contribution in [-0.4, -0.2) is 41.1 Å². The second-order valence-electron chi connectivity index (χ2n) is 8.70. The minimum Gasteiger partial charge on any atom is -0.452 e. The molecule has 1 aliphatic heterocycles. The van der Waals surface area contributed by atoms with Crippen LogP contribution in [0.2, 0.25) is 0 Å². The van der Waals surface area contributed by atoms with E-state index >= 15 is 0 Å². The summed E-state index contributed by atoms with van der Waals surface area (Å²) < 4.78 is 18.0. The number of carbonyl (C=O) groups excluding carboxylic acids is 4. The van der Waals surface area contributed by atoms with Gasteiger partial charge in [-0.15, -0.1) is 23.2 Å². The van der Waals surface area contributed by atoms with Crippen molar-refractivity contribution in [2.75, 3.05) is 16.8 Å². The number of hydrogen-bond acceptors (Lipinski definition) is 5. The zero-order valence-electron chi connectivity index (χ0n) is 17.6. The van der Waals surface area contributed by atoms with Gasteiger partial charge in [-0.1, -0.05) is 6.07 Å². The normalized spacial score (nSPS) is 29.3. The van der Waals surface area contributed by atoms with Crippen molar-refractivity contribution in [3.8, 4) is 0 Å². The first kappa shape index (κ1) is 22.8. The van der Waals surface area contributed by atoms with Crippen molar-refractivity contribution in [2.24, 2.45) is 23.7 Å². The number of esters is 1. The van der Waals surface area contributed by atoms with E-state index in [1.165, 1.54) is 42.5 Å². The maximum absolute atomic E-state index is 13.1. The lowest BCUT2D eigenvalue weighted by molar-refractivity contribution is -0.123. The smallest absolute Gasteiger partial charge is 0.338 e. The summed E-state index contributed by atoms with van der Waals surface area (Å²) in [4.78, 5) is 51.9. The minimum atomic E-state index is -0.794. The predicted octanol–water partition coefficient (Wildman–Crippen LogP) is 3.59. The highest BCUT2D eigenvalue weighted by Crippen LogP contribution is 2.59. The van der Waals surface area contributed by atoms with Gasteiger partial charge in [0.2, 0.25) is 11.8 Å². The van der Waals surface area contributed by atoms with Gasteiger partial charge in [0.15, 0.2) is 6.61 Å². The molecule has 1 heterocycles. The van der Waals surface area contributed by atoms with E-state index in [0.29, 0.717) is 12.1 Å². The van der Waals surface area contributed by atoms with Crippen LogP contribution >= 0.6 is 23.2 Å². The molecule has 2 saturated carbocycles. The van der Waals surface area contributed by atoms with E-state index < -0.39 is 36.1 Å². The van der Waals surface area contributed by atoms with Crippen molar-refractivity contribution in [3.05, 3.63) is 59.9 Å². The largest absolute Gasteiger partial charge is 0.452 e. The van der Waals surface area contributed by atoms with Gasteiger partial charge in [0, 0.05) is 5.69 Å². The molecule has 0 unspecified atom stereocenters. The Morgan fingerprint density at radius 2 is 1.62 bits per heavy atom. The Bertz CT molecular complexity index is 1160. The molecule has 0 spiro atoms. The number of nitrogens with one attached hydrogen (secondary N) is 1. The van der Waals surface area contributed by atoms with Gasteiger partial charge in [-0.25, -0.2) is 9.18 Å². The van der Waals surface area contributed by atoms with E-state index in [1.54, 1.807) is 6.07 Å². The molecule has 2 bridgehead atoms. The summed E-state index contributed by atoms with van der Waals surface area (Å²) in [7, 11) is 0. The number of fused-ring (bicyclic) bond motifs is 5. The summed E-state index contributed by atoms with van der Waals surface area (Å²) in [5, 5.41) is 1.78. The monoisotopic (exact) mass is 504 g/mol. The first-order valence-electron chi connectivity index (χ1n) is 10.7. The van der Waals surface area contributed by atoms with Gasteiger partial charge in [0.05, 0.1) is 33.8 Å². The Balaban J connectivity index is 1.26. The third-order valence-corrected chi connectivity index (χ3v) is 8.11. The third kappa shape index (κ3) is 3.75. The van der Waals surface area contributed by atoms with Gasteiger partial charge in [0.1, 0.15) is 5.82 Å². The van der Waals surface area contributed by atoms with Crippen LogP contribution in [0.3, 0.4) is 0 Å². The molecule has 2 aromatic carbocycles. The topological polar surface area (TPSA) is 92.8 Å². The van der Waals surface area contributed by atoms with Gasteiger partial charge in [-0.3, -0.25) is 19.3 Å².